The van der Waals surface area contributed by atoms with E-state index in [-0.39, 0.29) is 5.41 Å². The summed E-state index contributed by atoms with van der Waals surface area (Å²) in [5.74, 6) is 0.499. The molecule has 0 amide bonds. The minimum absolute atomic E-state index is 0.0304. The Kier molecular flexibility index (Phi) is 2.70. The van der Waals surface area contributed by atoms with Crippen molar-refractivity contribution in [1.29, 1.82) is 0 Å². The van der Waals surface area contributed by atoms with E-state index in [1.165, 1.54) is 5.69 Å². The molecule has 0 saturated heterocycles. The van der Waals surface area contributed by atoms with Crippen LogP contribution in [0.15, 0.2) is 18.2 Å². The topological polar surface area (TPSA) is 17.3 Å². The molecule has 0 fully saturated rings. The molecule has 0 aromatic carbocycles. The normalized spacial score (nSPS) is 12.3. The van der Waals surface area contributed by atoms with Crippen LogP contribution in [-0.2, 0) is 11.3 Å². The Balaban J connectivity index is 2.83. The first-order valence-electron chi connectivity index (χ1n) is 5.48. The molecule has 16 heavy (non-hydrogen) atoms. The zero-order valence-corrected chi connectivity index (χ0v) is 11.0. The summed E-state index contributed by atoms with van der Waals surface area (Å²) in [6.07, 6.45) is 0. The first-order valence-corrected chi connectivity index (χ1v) is 6.02. The van der Waals surface area contributed by atoms with Crippen molar-refractivity contribution in [2.75, 3.05) is 0 Å². The standard InChI is InChI=1S/C13H17ClN2/c1-9-6-5-7-11-15-12(13(2,3)4)10(8-14)16(9)11/h5-7H,8H2,1-4H3. The van der Waals surface area contributed by atoms with Gasteiger partial charge in [-0.15, -0.1) is 11.6 Å². The van der Waals surface area contributed by atoms with E-state index in [1.807, 2.05) is 12.1 Å². The summed E-state index contributed by atoms with van der Waals surface area (Å²) in [5, 5.41) is 0. The van der Waals surface area contributed by atoms with Gasteiger partial charge in [0.1, 0.15) is 5.65 Å². The quantitative estimate of drug-likeness (QED) is 0.691. The van der Waals surface area contributed by atoms with Crippen LogP contribution < -0.4 is 0 Å². The zero-order valence-electron chi connectivity index (χ0n) is 10.2. The Morgan fingerprint density at radius 1 is 1.31 bits per heavy atom. The van der Waals surface area contributed by atoms with Crippen LogP contribution >= 0.6 is 11.6 Å². The maximum atomic E-state index is 6.07. The predicted octanol–water partition coefficient (Wildman–Crippen LogP) is 3.68. The molecule has 0 bridgehead atoms. The van der Waals surface area contributed by atoms with Gasteiger partial charge < -0.3 is 0 Å². The van der Waals surface area contributed by atoms with Gasteiger partial charge in [-0.05, 0) is 19.1 Å². The zero-order chi connectivity index (χ0) is 11.9. The highest BCUT2D eigenvalue weighted by Gasteiger charge is 2.23. The van der Waals surface area contributed by atoms with E-state index in [0.29, 0.717) is 5.88 Å². The van der Waals surface area contributed by atoms with Crippen molar-refractivity contribution in [2.45, 2.75) is 39.0 Å². The summed E-state index contributed by atoms with van der Waals surface area (Å²) in [6.45, 7) is 8.58. The van der Waals surface area contributed by atoms with Crippen molar-refractivity contribution in [3.8, 4) is 0 Å². The molecular weight excluding hydrogens is 220 g/mol. The summed E-state index contributed by atoms with van der Waals surface area (Å²) in [4.78, 5) is 4.69. The number of rotatable bonds is 1. The van der Waals surface area contributed by atoms with Gasteiger partial charge in [0.05, 0.1) is 17.3 Å². The monoisotopic (exact) mass is 236 g/mol. The molecule has 2 heterocycles. The van der Waals surface area contributed by atoms with Crippen LogP contribution in [0.2, 0.25) is 0 Å². The maximum Gasteiger partial charge on any atom is 0.137 e. The van der Waals surface area contributed by atoms with Crippen LogP contribution in [0.25, 0.3) is 5.65 Å². The number of aryl methyl sites for hydroxylation is 1. The fourth-order valence-electron chi connectivity index (χ4n) is 2.05. The van der Waals surface area contributed by atoms with Crippen molar-refractivity contribution < 1.29 is 0 Å². The molecule has 0 aliphatic carbocycles. The van der Waals surface area contributed by atoms with Gasteiger partial charge in [0, 0.05) is 11.1 Å². The molecule has 0 unspecified atom stereocenters. The lowest BCUT2D eigenvalue weighted by Crippen LogP contribution is -2.14. The largest absolute Gasteiger partial charge is 0.300 e. The first kappa shape index (κ1) is 11.5. The molecule has 0 N–H and O–H groups in total. The van der Waals surface area contributed by atoms with E-state index in [9.17, 15) is 0 Å². The van der Waals surface area contributed by atoms with Crippen molar-refractivity contribution >= 4 is 17.2 Å². The Labute approximate surface area is 101 Å². The number of pyridine rings is 1. The summed E-state index contributed by atoms with van der Waals surface area (Å²) in [5.41, 5.74) is 4.40. The second kappa shape index (κ2) is 3.77. The number of aromatic nitrogens is 2. The van der Waals surface area contributed by atoms with Crippen LogP contribution in [0.5, 0.6) is 0 Å². The van der Waals surface area contributed by atoms with Crippen LogP contribution in [0.3, 0.4) is 0 Å². The molecule has 3 heteroatoms. The van der Waals surface area contributed by atoms with Gasteiger partial charge in [0.25, 0.3) is 0 Å². The van der Waals surface area contributed by atoms with Gasteiger partial charge in [-0.1, -0.05) is 26.8 Å². The number of alkyl halides is 1. The average Bonchev–Trinajstić information content (AvgIpc) is 2.57. The number of halogens is 1. The van der Waals surface area contributed by atoms with Gasteiger partial charge in [-0.2, -0.15) is 0 Å². The molecule has 0 aliphatic heterocycles. The first-order chi connectivity index (χ1) is 7.45. The maximum absolute atomic E-state index is 6.07. The van der Waals surface area contributed by atoms with Gasteiger partial charge in [-0.25, -0.2) is 4.98 Å². The Morgan fingerprint density at radius 2 is 2.00 bits per heavy atom. The second-order valence-corrected chi connectivity index (χ2v) is 5.42. The van der Waals surface area contributed by atoms with E-state index >= 15 is 0 Å². The minimum atomic E-state index is 0.0304. The summed E-state index contributed by atoms with van der Waals surface area (Å²) < 4.78 is 2.15. The highest BCUT2D eigenvalue weighted by molar-refractivity contribution is 6.17. The van der Waals surface area contributed by atoms with Crippen LogP contribution in [-0.4, -0.2) is 9.38 Å². The SMILES string of the molecule is Cc1cccc2nc(C(C)(C)C)c(CCl)n12. The van der Waals surface area contributed by atoms with E-state index < -0.39 is 0 Å². The molecule has 0 saturated carbocycles. The molecule has 86 valence electrons. The van der Waals surface area contributed by atoms with E-state index in [1.54, 1.807) is 0 Å². The number of nitrogens with zero attached hydrogens (tertiary/aromatic N) is 2. The summed E-state index contributed by atoms with van der Waals surface area (Å²) in [7, 11) is 0. The molecule has 0 atom stereocenters. The van der Waals surface area contributed by atoms with Gasteiger partial charge in [0.2, 0.25) is 0 Å². The molecule has 2 aromatic heterocycles. The molecule has 2 nitrogen and oxygen atoms in total. The Morgan fingerprint density at radius 3 is 2.56 bits per heavy atom. The molecule has 0 spiro atoms. The summed E-state index contributed by atoms with van der Waals surface area (Å²) in [6, 6.07) is 6.14. The number of imidazole rings is 1. The minimum Gasteiger partial charge on any atom is -0.300 e. The van der Waals surface area contributed by atoms with Crippen molar-refractivity contribution in [2.24, 2.45) is 0 Å². The lowest BCUT2D eigenvalue weighted by Gasteiger charge is -2.17. The third-order valence-corrected chi connectivity index (χ3v) is 3.02. The average molecular weight is 237 g/mol. The summed E-state index contributed by atoms with van der Waals surface area (Å²) >= 11 is 6.07. The van der Waals surface area contributed by atoms with Crippen LogP contribution in [0.4, 0.5) is 0 Å². The number of fused-ring (bicyclic) bond motifs is 1. The molecule has 0 radical (unpaired) electrons. The third kappa shape index (κ3) is 1.71. The molecule has 2 aromatic rings. The highest BCUT2D eigenvalue weighted by Crippen LogP contribution is 2.28. The predicted molar refractivity (Wildman–Crippen MR) is 68.2 cm³/mol. The van der Waals surface area contributed by atoms with Gasteiger partial charge >= 0.3 is 0 Å². The lowest BCUT2D eigenvalue weighted by atomic mass is 9.91. The van der Waals surface area contributed by atoms with E-state index in [4.69, 9.17) is 16.6 Å². The molecule has 0 aliphatic rings. The fourth-order valence-corrected chi connectivity index (χ4v) is 2.30. The third-order valence-electron chi connectivity index (χ3n) is 2.77. The smallest absolute Gasteiger partial charge is 0.137 e. The lowest BCUT2D eigenvalue weighted by molar-refractivity contribution is 0.567. The van der Waals surface area contributed by atoms with Crippen LogP contribution in [0.1, 0.15) is 37.9 Å². The molecular formula is C13H17ClN2. The Bertz CT molecular complexity index is 520. The molecule has 2 rings (SSSR count). The van der Waals surface area contributed by atoms with Crippen molar-refractivity contribution in [3.05, 3.63) is 35.3 Å². The fraction of sp³-hybridized carbons (Fsp3) is 0.462. The second-order valence-electron chi connectivity index (χ2n) is 5.15. The van der Waals surface area contributed by atoms with Crippen molar-refractivity contribution in [1.82, 2.24) is 9.38 Å². The van der Waals surface area contributed by atoms with Gasteiger partial charge in [0.15, 0.2) is 0 Å². The Hall–Kier alpha value is -1.02. The number of hydrogen-bond donors (Lipinski definition) is 0. The highest BCUT2D eigenvalue weighted by atomic mass is 35.5. The van der Waals surface area contributed by atoms with Gasteiger partial charge in [-0.3, -0.25) is 4.40 Å². The van der Waals surface area contributed by atoms with E-state index in [0.717, 1.165) is 17.0 Å². The van der Waals surface area contributed by atoms with Crippen molar-refractivity contribution in [3.63, 3.8) is 0 Å². The van der Waals surface area contributed by atoms with E-state index in [2.05, 4.69) is 38.2 Å². The van der Waals surface area contributed by atoms with Crippen LogP contribution in [0, 0.1) is 6.92 Å². The number of hydrogen-bond acceptors (Lipinski definition) is 1.